The van der Waals surface area contributed by atoms with Crippen LogP contribution in [0.2, 0.25) is 0 Å². The number of hydrogen-bond acceptors (Lipinski definition) is 4. The minimum Gasteiger partial charge on any atom is -0.368 e. The van der Waals surface area contributed by atoms with Crippen molar-refractivity contribution in [2.24, 2.45) is 5.92 Å². The van der Waals surface area contributed by atoms with Gasteiger partial charge in [-0.05, 0) is 51.0 Å². The quantitative estimate of drug-likeness (QED) is 0.918. The number of aromatic nitrogens is 2. The zero-order valence-corrected chi connectivity index (χ0v) is 10.7. The standard InChI is InChI=1S/C12H17F3N4/c1-19-6-4-9(5-7-19)8-16-11-3-2-10(17-18-11)12(13,14)15/h2-3,9H,4-8H2,1H3,(H,16,18). The average Bonchev–Trinajstić information content (AvgIpc) is 2.37. The molecule has 1 aliphatic heterocycles. The van der Waals surface area contributed by atoms with Gasteiger partial charge in [0.1, 0.15) is 5.82 Å². The Hall–Kier alpha value is -1.37. The minimum atomic E-state index is -4.43. The van der Waals surface area contributed by atoms with E-state index in [-0.39, 0.29) is 0 Å². The van der Waals surface area contributed by atoms with Crippen molar-refractivity contribution in [1.29, 1.82) is 0 Å². The molecule has 106 valence electrons. The van der Waals surface area contributed by atoms with Crippen molar-refractivity contribution in [2.45, 2.75) is 19.0 Å². The lowest BCUT2D eigenvalue weighted by Crippen LogP contribution is -2.33. The van der Waals surface area contributed by atoms with E-state index in [2.05, 4.69) is 27.5 Å². The Kier molecular flexibility index (Phi) is 4.24. The van der Waals surface area contributed by atoms with Crippen LogP contribution in [-0.4, -0.2) is 41.8 Å². The predicted molar refractivity (Wildman–Crippen MR) is 65.7 cm³/mol. The molecule has 0 aliphatic carbocycles. The monoisotopic (exact) mass is 274 g/mol. The van der Waals surface area contributed by atoms with Crippen LogP contribution in [0.4, 0.5) is 19.0 Å². The number of likely N-dealkylation sites (tertiary alicyclic amines) is 1. The van der Waals surface area contributed by atoms with E-state index in [1.54, 1.807) is 0 Å². The van der Waals surface area contributed by atoms with Crippen LogP contribution in [0.5, 0.6) is 0 Å². The Balaban J connectivity index is 1.83. The molecule has 0 atom stereocenters. The Morgan fingerprint density at radius 3 is 2.47 bits per heavy atom. The Labute approximate surface area is 110 Å². The van der Waals surface area contributed by atoms with Crippen molar-refractivity contribution in [2.75, 3.05) is 32.0 Å². The van der Waals surface area contributed by atoms with Gasteiger partial charge >= 0.3 is 6.18 Å². The second kappa shape index (κ2) is 5.73. The van der Waals surface area contributed by atoms with Crippen LogP contribution < -0.4 is 5.32 Å². The van der Waals surface area contributed by atoms with Gasteiger partial charge in [-0.15, -0.1) is 10.2 Å². The molecule has 0 spiro atoms. The number of nitrogens with zero attached hydrogens (tertiary/aromatic N) is 3. The maximum atomic E-state index is 12.3. The van der Waals surface area contributed by atoms with Gasteiger partial charge in [0, 0.05) is 6.54 Å². The van der Waals surface area contributed by atoms with Gasteiger partial charge in [-0.3, -0.25) is 0 Å². The number of rotatable bonds is 3. The fourth-order valence-corrected chi connectivity index (χ4v) is 2.09. The summed E-state index contributed by atoms with van der Waals surface area (Å²) in [5.74, 6) is 0.937. The fraction of sp³-hybridized carbons (Fsp3) is 0.667. The predicted octanol–water partition coefficient (Wildman–Crippen LogP) is 2.25. The number of halogens is 3. The molecule has 1 aromatic heterocycles. The van der Waals surface area contributed by atoms with Crippen molar-refractivity contribution in [3.63, 3.8) is 0 Å². The summed E-state index contributed by atoms with van der Waals surface area (Å²) in [6.45, 7) is 2.85. The van der Waals surface area contributed by atoms with E-state index in [0.717, 1.165) is 38.5 Å². The third kappa shape index (κ3) is 4.05. The zero-order chi connectivity index (χ0) is 13.9. The van der Waals surface area contributed by atoms with E-state index in [1.807, 2.05) is 0 Å². The van der Waals surface area contributed by atoms with Crippen LogP contribution in [0.3, 0.4) is 0 Å². The summed E-state index contributed by atoms with van der Waals surface area (Å²) in [5, 5.41) is 9.78. The van der Waals surface area contributed by atoms with Gasteiger partial charge < -0.3 is 10.2 Å². The average molecular weight is 274 g/mol. The molecule has 1 fully saturated rings. The first-order valence-electron chi connectivity index (χ1n) is 6.28. The van der Waals surface area contributed by atoms with E-state index < -0.39 is 11.9 Å². The van der Waals surface area contributed by atoms with Crippen molar-refractivity contribution < 1.29 is 13.2 Å². The van der Waals surface area contributed by atoms with Crippen LogP contribution in [0.15, 0.2) is 12.1 Å². The first kappa shape index (κ1) is 14.0. The molecular weight excluding hydrogens is 257 g/mol. The van der Waals surface area contributed by atoms with Gasteiger partial charge in [0.15, 0.2) is 5.69 Å². The van der Waals surface area contributed by atoms with Gasteiger partial charge in [-0.1, -0.05) is 0 Å². The molecule has 0 bridgehead atoms. The normalized spacial score (nSPS) is 18.5. The van der Waals surface area contributed by atoms with Gasteiger partial charge in [-0.25, -0.2) is 0 Å². The van der Waals surface area contributed by atoms with Crippen molar-refractivity contribution in [1.82, 2.24) is 15.1 Å². The number of alkyl halides is 3. The highest BCUT2D eigenvalue weighted by Crippen LogP contribution is 2.27. The highest BCUT2D eigenvalue weighted by Gasteiger charge is 2.32. The molecule has 4 nitrogen and oxygen atoms in total. The lowest BCUT2D eigenvalue weighted by atomic mass is 9.97. The second-order valence-corrected chi connectivity index (χ2v) is 4.93. The first-order chi connectivity index (χ1) is 8.95. The third-order valence-electron chi connectivity index (χ3n) is 3.36. The molecule has 2 heterocycles. The van der Waals surface area contributed by atoms with Crippen LogP contribution in [0.1, 0.15) is 18.5 Å². The second-order valence-electron chi connectivity index (χ2n) is 4.93. The minimum absolute atomic E-state index is 0.395. The van der Waals surface area contributed by atoms with E-state index >= 15 is 0 Å². The highest BCUT2D eigenvalue weighted by molar-refractivity contribution is 5.33. The molecule has 2 rings (SSSR count). The molecule has 1 saturated heterocycles. The topological polar surface area (TPSA) is 41.0 Å². The van der Waals surface area contributed by atoms with E-state index in [4.69, 9.17) is 0 Å². The van der Waals surface area contributed by atoms with Crippen molar-refractivity contribution in [3.8, 4) is 0 Å². The lowest BCUT2D eigenvalue weighted by molar-refractivity contribution is -0.141. The Bertz CT molecular complexity index is 396. The zero-order valence-electron chi connectivity index (χ0n) is 10.7. The Morgan fingerprint density at radius 2 is 1.95 bits per heavy atom. The molecule has 19 heavy (non-hydrogen) atoms. The smallest absolute Gasteiger partial charge is 0.368 e. The SMILES string of the molecule is CN1CCC(CNc2ccc(C(F)(F)F)nn2)CC1. The summed E-state index contributed by atoms with van der Waals surface area (Å²) in [7, 11) is 2.09. The molecule has 1 aliphatic rings. The van der Waals surface area contributed by atoms with Gasteiger partial charge in [0.25, 0.3) is 0 Å². The molecule has 0 amide bonds. The molecule has 0 unspecified atom stereocenters. The summed E-state index contributed by atoms with van der Waals surface area (Å²) in [4.78, 5) is 2.27. The highest BCUT2D eigenvalue weighted by atomic mass is 19.4. The van der Waals surface area contributed by atoms with Crippen LogP contribution in [0.25, 0.3) is 0 Å². The molecular formula is C12H17F3N4. The molecule has 7 heteroatoms. The molecule has 0 saturated carbocycles. The maximum absolute atomic E-state index is 12.3. The number of nitrogens with one attached hydrogen (secondary N) is 1. The van der Waals surface area contributed by atoms with Crippen LogP contribution >= 0.6 is 0 Å². The largest absolute Gasteiger partial charge is 0.435 e. The van der Waals surface area contributed by atoms with Crippen molar-refractivity contribution >= 4 is 5.82 Å². The van der Waals surface area contributed by atoms with Crippen LogP contribution in [-0.2, 0) is 6.18 Å². The summed E-state index contributed by atoms with van der Waals surface area (Å²) >= 11 is 0. The van der Waals surface area contributed by atoms with E-state index in [1.165, 1.54) is 6.07 Å². The summed E-state index contributed by atoms with van der Waals surface area (Å²) in [6.07, 6.45) is -2.24. The van der Waals surface area contributed by atoms with Gasteiger partial charge in [0.2, 0.25) is 0 Å². The number of hydrogen-bond donors (Lipinski definition) is 1. The molecule has 0 aromatic carbocycles. The molecule has 0 radical (unpaired) electrons. The molecule has 1 aromatic rings. The Morgan fingerprint density at radius 1 is 1.26 bits per heavy atom. The van der Waals surface area contributed by atoms with Crippen LogP contribution in [0, 0.1) is 5.92 Å². The lowest BCUT2D eigenvalue weighted by Gasteiger charge is -2.29. The summed E-state index contributed by atoms with van der Waals surface area (Å²) < 4.78 is 36.9. The van der Waals surface area contributed by atoms with Gasteiger partial charge in [0.05, 0.1) is 0 Å². The van der Waals surface area contributed by atoms with E-state index in [0.29, 0.717) is 11.7 Å². The summed E-state index contributed by atoms with van der Waals surface area (Å²) in [5.41, 5.74) is -0.961. The van der Waals surface area contributed by atoms with Gasteiger partial charge in [-0.2, -0.15) is 13.2 Å². The maximum Gasteiger partial charge on any atom is 0.435 e. The fourth-order valence-electron chi connectivity index (χ4n) is 2.09. The van der Waals surface area contributed by atoms with E-state index in [9.17, 15) is 13.2 Å². The molecule has 1 N–H and O–H groups in total. The third-order valence-corrected chi connectivity index (χ3v) is 3.36. The summed E-state index contributed by atoms with van der Waals surface area (Å²) in [6, 6.07) is 2.27. The number of piperidine rings is 1. The van der Waals surface area contributed by atoms with Crippen molar-refractivity contribution in [3.05, 3.63) is 17.8 Å². The first-order valence-corrected chi connectivity index (χ1v) is 6.28. The number of anilines is 1.